The Morgan fingerprint density at radius 2 is 2.07 bits per heavy atom. The molecule has 3 aromatic rings. The lowest BCUT2D eigenvalue weighted by Gasteiger charge is -2.27. The van der Waals surface area contributed by atoms with Gasteiger partial charge in [0.2, 0.25) is 0 Å². The number of fused-ring (bicyclic) bond motifs is 3. The summed E-state index contributed by atoms with van der Waals surface area (Å²) in [5, 5.41) is 5.14. The van der Waals surface area contributed by atoms with Crippen molar-refractivity contribution in [3.05, 3.63) is 53.0 Å². The Balaban J connectivity index is 1.65. The smallest absolute Gasteiger partial charge is 0.280 e. The molecule has 142 valence electrons. The lowest BCUT2D eigenvalue weighted by atomic mass is 10.0. The Morgan fingerprint density at radius 3 is 2.81 bits per heavy atom. The summed E-state index contributed by atoms with van der Waals surface area (Å²) in [4.78, 5) is 18.1. The van der Waals surface area contributed by atoms with Crippen molar-refractivity contribution in [2.75, 3.05) is 6.54 Å². The first-order valence-electron chi connectivity index (χ1n) is 9.17. The molecule has 2 aromatic heterocycles. The molecule has 7 heteroatoms. The van der Waals surface area contributed by atoms with E-state index in [1.165, 1.54) is 10.9 Å². The Labute approximate surface area is 156 Å². The summed E-state index contributed by atoms with van der Waals surface area (Å²) in [6, 6.07) is 7.95. The number of hydrogen-bond acceptors (Lipinski definition) is 2. The van der Waals surface area contributed by atoms with Gasteiger partial charge in [0.25, 0.3) is 12.3 Å². The van der Waals surface area contributed by atoms with Gasteiger partial charge in [0.1, 0.15) is 5.69 Å². The van der Waals surface area contributed by atoms with Crippen LogP contribution in [0.15, 0.2) is 30.5 Å². The second-order valence-electron chi connectivity index (χ2n) is 7.42. The number of nitrogens with zero attached hydrogens (tertiary/aromatic N) is 3. The van der Waals surface area contributed by atoms with Crippen LogP contribution in [0, 0.1) is 5.92 Å². The Kier molecular flexibility index (Phi) is 4.45. The molecule has 0 saturated carbocycles. The number of para-hydroxylation sites is 1. The number of carbonyl (C=O) groups excluding carboxylic acids is 1. The first-order valence-corrected chi connectivity index (χ1v) is 9.17. The average Bonchev–Trinajstić information content (AvgIpc) is 3.21. The van der Waals surface area contributed by atoms with E-state index in [0.29, 0.717) is 26.1 Å². The van der Waals surface area contributed by atoms with Crippen LogP contribution >= 0.6 is 0 Å². The van der Waals surface area contributed by atoms with E-state index in [0.717, 1.165) is 22.2 Å². The van der Waals surface area contributed by atoms with Gasteiger partial charge in [-0.05, 0) is 12.0 Å². The summed E-state index contributed by atoms with van der Waals surface area (Å²) in [6.45, 7) is 5.13. The zero-order valence-corrected chi connectivity index (χ0v) is 15.4. The molecule has 0 spiro atoms. The number of H-pyrrole nitrogens is 1. The number of alkyl halides is 2. The lowest BCUT2D eigenvalue weighted by Crippen LogP contribution is -2.36. The van der Waals surface area contributed by atoms with Crippen LogP contribution in [0.2, 0.25) is 0 Å². The highest BCUT2D eigenvalue weighted by atomic mass is 19.3. The van der Waals surface area contributed by atoms with Gasteiger partial charge in [0, 0.05) is 48.2 Å². The van der Waals surface area contributed by atoms with E-state index in [9.17, 15) is 13.6 Å². The van der Waals surface area contributed by atoms with Crippen molar-refractivity contribution in [3.8, 4) is 0 Å². The van der Waals surface area contributed by atoms with Crippen LogP contribution in [-0.2, 0) is 19.5 Å². The van der Waals surface area contributed by atoms with E-state index in [2.05, 4.69) is 10.1 Å². The number of benzene rings is 1. The standard InChI is InChI=1S/C20H22F2N4O/c1-12(2)10-26-18(19(21)22)14(9-23-26)20(27)25-8-7-17-15(11-25)13-5-3-4-6-16(13)24-17/h3-6,9,12,19,24H,7-8,10-11H2,1-2H3. The van der Waals surface area contributed by atoms with Crippen molar-refractivity contribution in [3.63, 3.8) is 0 Å². The number of carbonyl (C=O) groups is 1. The Bertz CT molecular complexity index is 989. The first-order chi connectivity index (χ1) is 13.0. The zero-order chi connectivity index (χ0) is 19.1. The number of rotatable bonds is 4. The molecule has 0 unspecified atom stereocenters. The summed E-state index contributed by atoms with van der Waals surface area (Å²) in [6.07, 6.45) is -0.768. The molecule has 0 saturated heterocycles. The van der Waals surface area contributed by atoms with Crippen LogP contribution in [0.1, 0.15) is 47.6 Å². The molecular weight excluding hydrogens is 350 g/mol. The molecule has 0 fully saturated rings. The lowest BCUT2D eigenvalue weighted by molar-refractivity contribution is 0.0720. The molecule has 27 heavy (non-hydrogen) atoms. The van der Waals surface area contributed by atoms with Crippen molar-refractivity contribution in [1.82, 2.24) is 19.7 Å². The predicted octanol–water partition coefficient (Wildman–Crippen LogP) is 4.16. The maximum atomic E-state index is 13.7. The van der Waals surface area contributed by atoms with Gasteiger partial charge in [-0.15, -0.1) is 0 Å². The van der Waals surface area contributed by atoms with Gasteiger partial charge in [-0.3, -0.25) is 9.48 Å². The molecule has 1 aliphatic heterocycles. The molecule has 5 nitrogen and oxygen atoms in total. The summed E-state index contributed by atoms with van der Waals surface area (Å²) < 4.78 is 28.6. The van der Waals surface area contributed by atoms with Gasteiger partial charge in [-0.2, -0.15) is 5.10 Å². The molecule has 0 aliphatic carbocycles. The van der Waals surface area contributed by atoms with E-state index in [1.54, 1.807) is 4.90 Å². The summed E-state index contributed by atoms with van der Waals surface area (Å²) in [5.41, 5.74) is 2.95. The average molecular weight is 372 g/mol. The number of aromatic nitrogens is 3. The van der Waals surface area contributed by atoms with Gasteiger partial charge in [-0.25, -0.2) is 8.78 Å². The van der Waals surface area contributed by atoms with Crippen LogP contribution in [0.3, 0.4) is 0 Å². The number of nitrogens with one attached hydrogen (secondary N) is 1. The SMILES string of the molecule is CC(C)Cn1ncc(C(=O)N2CCc3[nH]c4ccccc4c3C2)c1C(F)F. The molecule has 4 rings (SSSR count). The topological polar surface area (TPSA) is 53.9 Å². The number of halogens is 2. The van der Waals surface area contributed by atoms with Crippen molar-refractivity contribution >= 4 is 16.8 Å². The number of hydrogen-bond donors (Lipinski definition) is 1. The fourth-order valence-corrected chi connectivity index (χ4v) is 3.79. The highest BCUT2D eigenvalue weighted by Crippen LogP contribution is 2.30. The van der Waals surface area contributed by atoms with E-state index in [4.69, 9.17) is 0 Å². The Morgan fingerprint density at radius 1 is 1.30 bits per heavy atom. The minimum absolute atomic E-state index is 0.00828. The molecule has 1 N–H and O–H groups in total. The van der Waals surface area contributed by atoms with Crippen molar-refractivity contribution in [2.45, 2.75) is 39.8 Å². The molecule has 0 bridgehead atoms. The normalized spacial score (nSPS) is 14.4. The molecule has 1 aromatic carbocycles. The second-order valence-corrected chi connectivity index (χ2v) is 7.42. The van der Waals surface area contributed by atoms with Gasteiger partial charge in [0.15, 0.2) is 0 Å². The van der Waals surface area contributed by atoms with Gasteiger partial charge in [-0.1, -0.05) is 32.0 Å². The van der Waals surface area contributed by atoms with Crippen LogP contribution in [0.4, 0.5) is 8.78 Å². The third-order valence-electron chi connectivity index (χ3n) is 5.03. The van der Waals surface area contributed by atoms with E-state index >= 15 is 0 Å². The molecule has 1 amide bonds. The van der Waals surface area contributed by atoms with Crippen LogP contribution in [0.25, 0.3) is 10.9 Å². The third kappa shape index (κ3) is 3.11. The predicted molar refractivity (Wildman–Crippen MR) is 98.8 cm³/mol. The molecule has 3 heterocycles. The van der Waals surface area contributed by atoms with Gasteiger partial charge < -0.3 is 9.88 Å². The van der Waals surface area contributed by atoms with Crippen LogP contribution in [-0.4, -0.2) is 32.1 Å². The molecule has 0 radical (unpaired) electrons. The van der Waals surface area contributed by atoms with E-state index in [1.807, 2.05) is 38.1 Å². The summed E-state index contributed by atoms with van der Waals surface area (Å²) in [7, 11) is 0. The third-order valence-corrected chi connectivity index (χ3v) is 5.03. The fraction of sp³-hybridized carbons (Fsp3) is 0.400. The maximum Gasteiger partial charge on any atom is 0.280 e. The highest BCUT2D eigenvalue weighted by Gasteiger charge is 2.30. The fourth-order valence-electron chi connectivity index (χ4n) is 3.79. The minimum Gasteiger partial charge on any atom is -0.358 e. The monoisotopic (exact) mass is 372 g/mol. The minimum atomic E-state index is -2.74. The molecule has 1 aliphatic rings. The van der Waals surface area contributed by atoms with Crippen LogP contribution < -0.4 is 0 Å². The van der Waals surface area contributed by atoms with E-state index in [-0.39, 0.29) is 23.1 Å². The van der Waals surface area contributed by atoms with Crippen molar-refractivity contribution in [1.29, 1.82) is 0 Å². The maximum absolute atomic E-state index is 13.7. The number of amides is 1. The molecule has 0 atom stereocenters. The van der Waals surface area contributed by atoms with Crippen molar-refractivity contribution < 1.29 is 13.6 Å². The summed E-state index contributed by atoms with van der Waals surface area (Å²) in [5.74, 6) is -0.217. The van der Waals surface area contributed by atoms with Gasteiger partial charge in [0.05, 0.1) is 11.8 Å². The molecular formula is C20H22F2N4O. The van der Waals surface area contributed by atoms with E-state index < -0.39 is 6.43 Å². The number of aromatic amines is 1. The van der Waals surface area contributed by atoms with Crippen molar-refractivity contribution in [2.24, 2.45) is 5.92 Å². The summed E-state index contributed by atoms with van der Waals surface area (Å²) >= 11 is 0. The first kappa shape index (κ1) is 17.7. The zero-order valence-electron chi connectivity index (χ0n) is 15.4. The Hall–Kier alpha value is -2.70. The van der Waals surface area contributed by atoms with Gasteiger partial charge >= 0.3 is 0 Å². The van der Waals surface area contributed by atoms with Crippen LogP contribution in [0.5, 0.6) is 0 Å². The second kappa shape index (κ2) is 6.79. The largest absolute Gasteiger partial charge is 0.358 e. The highest BCUT2D eigenvalue weighted by molar-refractivity contribution is 5.96. The quantitative estimate of drug-likeness (QED) is 0.748.